The number of hydrogen-bond donors (Lipinski definition) is 3. The molecule has 0 radical (unpaired) electrons. The highest BCUT2D eigenvalue weighted by Gasteiger charge is 2.17. The third-order valence-corrected chi connectivity index (χ3v) is 3.20. The lowest BCUT2D eigenvalue weighted by Gasteiger charge is -2.16. The molecule has 0 aliphatic carbocycles. The number of carbonyl (C=O) groups excluding carboxylic acids is 1. The maximum atomic E-state index is 12.2. The molecular formula is C15H22N2O3. The summed E-state index contributed by atoms with van der Waals surface area (Å²) in [5, 5.41) is 11.7. The van der Waals surface area contributed by atoms with Gasteiger partial charge in [-0.05, 0) is 31.0 Å². The largest absolute Gasteiger partial charge is 0.478 e. The van der Waals surface area contributed by atoms with E-state index in [4.69, 9.17) is 10.8 Å². The average molecular weight is 278 g/mol. The van der Waals surface area contributed by atoms with E-state index < -0.39 is 5.97 Å². The number of nitrogen functional groups attached to an aromatic ring is 1. The Labute approximate surface area is 119 Å². The van der Waals surface area contributed by atoms with Gasteiger partial charge < -0.3 is 16.2 Å². The molecule has 0 bridgehead atoms. The third kappa shape index (κ3) is 4.26. The first-order chi connectivity index (χ1) is 9.49. The Morgan fingerprint density at radius 2 is 1.85 bits per heavy atom. The first-order valence-corrected chi connectivity index (χ1v) is 6.93. The van der Waals surface area contributed by atoms with E-state index in [1.807, 2.05) is 13.8 Å². The van der Waals surface area contributed by atoms with Gasteiger partial charge in [-0.2, -0.15) is 0 Å². The summed E-state index contributed by atoms with van der Waals surface area (Å²) in [6.45, 7) is 4.10. The number of amides is 1. The van der Waals surface area contributed by atoms with E-state index in [1.54, 1.807) is 0 Å². The summed E-state index contributed by atoms with van der Waals surface area (Å²) in [4.78, 5) is 23.0. The second-order valence-electron chi connectivity index (χ2n) is 4.87. The molecule has 1 amide bonds. The van der Waals surface area contributed by atoms with Crippen molar-refractivity contribution >= 4 is 23.3 Å². The fourth-order valence-corrected chi connectivity index (χ4v) is 2.15. The van der Waals surface area contributed by atoms with Crippen LogP contribution >= 0.6 is 0 Å². The average Bonchev–Trinajstić information content (AvgIpc) is 2.40. The van der Waals surface area contributed by atoms with E-state index in [-0.39, 0.29) is 23.1 Å². The van der Waals surface area contributed by atoms with Crippen molar-refractivity contribution in [2.75, 3.05) is 11.1 Å². The zero-order valence-electron chi connectivity index (χ0n) is 12.0. The lowest BCUT2D eigenvalue weighted by Crippen LogP contribution is -2.23. The summed E-state index contributed by atoms with van der Waals surface area (Å²) in [5.74, 6) is -1.11. The zero-order valence-corrected chi connectivity index (χ0v) is 12.0. The second kappa shape index (κ2) is 7.53. The van der Waals surface area contributed by atoms with Crippen LogP contribution in [0.2, 0.25) is 0 Å². The van der Waals surface area contributed by atoms with E-state index in [0.29, 0.717) is 5.69 Å². The predicted molar refractivity (Wildman–Crippen MR) is 79.7 cm³/mol. The molecule has 0 aromatic heterocycles. The SMILES string of the molecule is CCCC(CCC)C(=O)Nc1ccc(C(=O)O)cc1N. The van der Waals surface area contributed by atoms with Crippen molar-refractivity contribution in [1.29, 1.82) is 0 Å². The molecule has 1 rings (SSSR count). The molecule has 110 valence electrons. The van der Waals surface area contributed by atoms with Crippen LogP contribution in [0, 0.1) is 5.92 Å². The van der Waals surface area contributed by atoms with Gasteiger partial charge in [-0.3, -0.25) is 4.79 Å². The summed E-state index contributed by atoms with van der Waals surface area (Å²) < 4.78 is 0. The van der Waals surface area contributed by atoms with Gasteiger partial charge in [-0.1, -0.05) is 26.7 Å². The van der Waals surface area contributed by atoms with Gasteiger partial charge in [0.05, 0.1) is 16.9 Å². The monoisotopic (exact) mass is 278 g/mol. The smallest absolute Gasteiger partial charge is 0.335 e. The molecule has 0 heterocycles. The van der Waals surface area contributed by atoms with Crippen LogP contribution in [0.5, 0.6) is 0 Å². The highest BCUT2D eigenvalue weighted by molar-refractivity contribution is 5.97. The zero-order chi connectivity index (χ0) is 15.1. The topological polar surface area (TPSA) is 92.4 Å². The Kier molecular flexibility index (Phi) is 6.03. The lowest BCUT2D eigenvalue weighted by molar-refractivity contribution is -0.120. The van der Waals surface area contributed by atoms with Crippen LogP contribution in [-0.4, -0.2) is 17.0 Å². The fourth-order valence-electron chi connectivity index (χ4n) is 2.15. The van der Waals surface area contributed by atoms with Crippen molar-refractivity contribution in [3.05, 3.63) is 23.8 Å². The minimum Gasteiger partial charge on any atom is -0.478 e. The van der Waals surface area contributed by atoms with Gasteiger partial charge >= 0.3 is 5.97 Å². The molecule has 0 unspecified atom stereocenters. The number of rotatable bonds is 7. The number of aromatic carboxylic acids is 1. The maximum absolute atomic E-state index is 12.2. The van der Waals surface area contributed by atoms with E-state index in [9.17, 15) is 9.59 Å². The molecule has 20 heavy (non-hydrogen) atoms. The molecular weight excluding hydrogens is 256 g/mol. The summed E-state index contributed by atoms with van der Waals surface area (Å²) >= 11 is 0. The van der Waals surface area contributed by atoms with Crippen LogP contribution in [0.15, 0.2) is 18.2 Å². The number of nitrogens with two attached hydrogens (primary N) is 1. The molecule has 0 spiro atoms. The molecule has 0 saturated heterocycles. The van der Waals surface area contributed by atoms with E-state index in [0.717, 1.165) is 25.7 Å². The second-order valence-corrected chi connectivity index (χ2v) is 4.87. The Morgan fingerprint density at radius 3 is 2.30 bits per heavy atom. The van der Waals surface area contributed by atoms with E-state index >= 15 is 0 Å². The Balaban J connectivity index is 2.81. The normalized spacial score (nSPS) is 10.6. The summed E-state index contributed by atoms with van der Waals surface area (Å²) in [6.07, 6.45) is 3.58. The number of benzene rings is 1. The van der Waals surface area contributed by atoms with Gasteiger partial charge in [0.1, 0.15) is 0 Å². The van der Waals surface area contributed by atoms with Crippen molar-refractivity contribution in [2.45, 2.75) is 39.5 Å². The Bertz CT molecular complexity index is 480. The van der Waals surface area contributed by atoms with Gasteiger partial charge in [0.15, 0.2) is 0 Å². The van der Waals surface area contributed by atoms with Crippen molar-refractivity contribution in [1.82, 2.24) is 0 Å². The molecule has 1 aromatic carbocycles. The number of carboxylic acid groups (broad SMARTS) is 1. The number of carboxylic acids is 1. The first-order valence-electron chi connectivity index (χ1n) is 6.93. The van der Waals surface area contributed by atoms with Gasteiger partial charge in [-0.25, -0.2) is 4.79 Å². The number of anilines is 2. The van der Waals surface area contributed by atoms with E-state index in [1.165, 1.54) is 18.2 Å². The summed E-state index contributed by atoms with van der Waals surface area (Å²) in [7, 11) is 0. The highest BCUT2D eigenvalue weighted by Crippen LogP contribution is 2.22. The van der Waals surface area contributed by atoms with Crippen LogP contribution in [-0.2, 0) is 4.79 Å². The van der Waals surface area contributed by atoms with Crippen molar-refractivity contribution < 1.29 is 14.7 Å². The Hall–Kier alpha value is -2.04. The van der Waals surface area contributed by atoms with Crippen molar-refractivity contribution in [3.8, 4) is 0 Å². The van der Waals surface area contributed by atoms with Gasteiger partial charge in [0.25, 0.3) is 0 Å². The van der Waals surface area contributed by atoms with Gasteiger partial charge in [0, 0.05) is 5.92 Å². The van der Waals surface area contributed by atoms with Gasteiger partial charge in [0.2, 0.25) is 5.91 Å². The molecule has 0 saturated carbocycles. The van der Waals surface area contributed by atoms with Crippen LogP contribution in [0.1, 0.15) is 49.9 Å². The molecule has 5 heteroatoms. The number of hydrogen-bond acceptors (Lipinski definition) is 3. The summed E-state index contributed by atoms with van der Waals surface area (Å²) in [6, 6.07) is 4.32. The fraction of sp³-hybridized carbons (Fsp3) is 0.467. The molecule has 1 aromatic rings. The number of carbonyl (C=O) groups is 2. The standard InChI is InChI=1S/C15H22N2O3/c1-3-5-10(6-4-2)14(18)17-13-8-7-11(15(19)20)9-12(13)16/h7-10H,3-6,16H2,1-2H3,(H,17,18)(H,19,20). The van der Waals surface area contributed by atoms with Crippen LogP contribution in [0.3, 0.4) is 0 Å². The lowest BCUT2D eigenvalue weighted by atomic mass is 9.97. The minimum absolute atomic E-state index is 0.0245. The van der Waals surface area contributed by atoms with Crippen LogP contribution in [0.25, 0.3) is 0 Å². The molecule has 0 aliphatic heterocycles. The molecule has 4 N–H and O–H groups in total. The first kappa shape index (κ1) is 16.0. The summed E-state index contributed by atoms with van der Waals surface area (Å²) in [5.41, 5.74) is 6.63. The van der Waals surface area contributed by atoms with Crippen molar-refractivity contribution in [3.63, 3.8) is 0 Å². The Morgan fingerprint density at radius 1 is 1.25 bits per heavy atom. The quantitative estimate of drug-likeness (QED) is 0.668. The van der Waals surface area contributed by atoms with E-state index in [2.05, 4.69) is 5.32 Å². The van der Waals surface area contributed by atoms with Crippen molar-refractivity contribution in [2.24, 2.45) is 5.92 Å². The molecule has 0 fully saturated rings. The van der Waals surface area contributed by atoms with Crippen LogP contribution < -0.4 is 11.1 Å². The third-order valence-electron chi connectivity index (χ3n) is 3.20. The molecule has 0 atom stereocenters. The molecule has 5 nitrogen and oxygen atoms in total. The molecule has 0 aliphatic rings. The minimum atomic E-state index is -1.04. The van der Waals surface area contributed by atoms with Gasteiger partial charge in [-0.15, -0.1) is 0 Å². The highest BCUT2D eigenvalue weighted by atomic mass is 16.4. The predicted octanol–water partition coefficient (Wildman–Crippen LogP) is 3.12. The van der Waals surface area contributed by atoms with Crippen LogP contribution in [0.4, 0.5) is 11.4 Å². The maximum Gasteiger partial charge on any atom is 0.335 e. The number of nitrogens with one attached hydrogen (secondary N) is 1.